The maximum Gasteiger partial charge on any atom is 0.469 e. The van der Waals surface area contributed by atoms with Crippen LogP contribution in [0.1, 0.15) is 168 Å². The summed E-state index contributed by atoms with van der Waals surface area (Å²) >= 11 is 0. The summed E-state index contributed by atoms with van der Waals surface area (Å²) in [6, 6.07) is 0. The van der Waals surface area contributed by atoms with Crippen LogP contribution in [0.15, 0.2) is 24.3 Å². The predicted molar refractivity (Wildman–Crippen MR) is 179 cm³/mol. The van der Waals surface area contributed by atoms with Crippen molar-refractivity contribution in [3.63, 3.8) is 0 Å². The van der Waals surface area contributed by atoms with Crippen molar-refractivity contribution in [2.75, 3.05) is 13.2 Å². The first kappa shape index (κ1) is 42.5. The van der Waals surface area contributed by atoms with Crippen LogP contribution >= 0.6 is 7.82 Å². The highest BCUT2D eigenvalue weighted by Gasteiger charge is 2.22. The molecule has 0 aromatic heterocycles. The number of allylic oxidation sites excluding steroid dienone is 4. The van der Waals surface area contributed by atoms with E-state index in [0.29, 0.717) is 12.8 Å². The molecule has 258 valence electrons. The fraction of sp³-hybridized carbons (Fsp3) is 0.829. The Balaban J connectivity index is 4.02. The van der Waals surface area contributed by atoms with Gasteiger partial charge in [-0.1, -0.05) is 115 Å². The minimum atomic E-state index is -4.75. The lowest BCUT2D eigenvalue weighted by Gasteiger charge is -2.18. The Labute approximate surface area is 269 Å². The summed E-state index contributed by atoms with van der Waals surface area (Å²) in [6.45, 7) is 3.62. The monoisotopic (exact) mass is 644 g/mol. The molecule has 44 heavy (non-hydrogen) atoms. The number of unbranched alkanes of at least 4 members (excludes halogenated alkanes) is 18. The lowest BCUT2D eigenvalue weighted by molar-refractivity contribution is -0.161. The molecule has 0 aromatic carbocycles. The Kier molecular flexibility index (Phi) is 30.5. The average Bonchev–Trinajstić information content (AvgIpc) is 2.98. The molecule has 0 radical (unpaired) electrons. The van der Waals surface area contributed by atoms with Gasteiger partial charge >= 0.3 is 19.8 Å². The van der Waals surface area contributed by atoms with Gasteiger partial charge in [0.15, 0.2) is 6.10 Å². The third-order valence-corrected chi connectivity index (χ3v) is 7.93. The Morgan fingerprint density at radius 3 is 1.43 bits per heavy atom. The highest BCUT2D eigenvalue weighted by molar-refractivity contribution is 7.46. The first-order valence-corrected chi connectivity index (χ1v) is 19.2. The topological polar surface area (TPSA) is 119 Å². The molecule has 0 saturated carbocycles. The van der Waals surface area contributed by atoms with Crippen molar-refractivity contribution >= 4 is 19.8 Å². The van der Waals surface area contributed by atoms with Gasteiger partial charge in [-0.15, -0.1) is 0 Å². The molecule has 0 aliphatic carbocycles. The van der Waals surface area contributed by atoms with Crippen molar-refractivity contribution < 1.29 is 37.9 Å². The number of esters is 2. The smallest absolute Gasteiger partial charge is 0.462 e. The van der Waals surface area contributed by atoms with Crippen molar-refractivity contribution in [1.29, 1.82) is 0 Å². The van der Waals surface area contributed by atoms with Crippen LogP contribution in [0.2, 0.25) is 0 Å². The summed E-state index contributed by atoms with van der Waals surface area (Å²) < 4.78 is 26.2. The van der Waals surface area contributed by atoms with E-state index in [1.165, 1.54) is 64.2 Å². The summed E-state index contributed by atoms with van der Waals surface area (Å²) in [7, 11) is -4.75. The molecule has 0 saturated heterocycles. The molecule has 0 rings (SSSR count). The van der Waals surface area contributed by atoms with Gasteiger partial charge < -0.3 is 19.3 Å². The van der Waals surface area contributed by atoms with Crippen molar-refractivity contribution in [3.05, 3.63) is 24.3 Å². The van der Waals surface area contributed by atoms with Crippen LogP contribution in [-0.4, -0.2) is 41.0 Å². The van der Waals surface area contributed by atoms with Gasteiger partial charge in [0.05, 0.1) is 6.61 Å². The van der Waals surface area contributed by atoms with Crippen LogP contribution in [0.3, 0.4) is 0 Å². The number of hydrogen-bond acceptors (Lipinski definition) is 6. The minimum absolute atomic E-state index is 0.201. The van der Waals surface area contributed by atoms with Crippen molar-refractivity contribution in [2.45, 2.75) is 174 Å². The molecule has 8 nitrogen and oxygen atoms in total. The Bertz CT molecular complexity index is 777. The van der Waals surface area contributed by atoms with E-state index in [0.717, 1.165) is 64.2 Å². The normalized spacial score (nSPS) is 12.7. The van der Waals surface area contributed by atoms with E-state index < -0.39 is 32.5 Å². The van der Waals surface area contributed by atoms with Gasteiger partial charge in [-0.25, -0.2) is 4.57 Å². The number of carbonyl (C=O) groups excluding carboxylic acids is 2. The number of rotatable bonds is 32. The van der Waals surface area contributed by atoms with Gasteiger partial charge in [0.2, 0.25) is 0 Å². The quantitative estimate of drug-likeness (QED) is 0.0321. The predicted octanol–water partition coefficient (Wildman–Crippen LogP) is 10.1. The van der Waals surface area contributed by atoms with E-state index in [9.17, 15) is 14.2 Å². The van der Waals surface area contributed by atoms with Gasteiger partial charge in [0.1, 0.15) is 6.61 Å². The number of phosphoric ester groups is 1. The highest BCUT2D eigenvalue weighted by atomic mass is 31.2. The second-order valence-corrected chi connectivity index (χ2v) is 13.1. The zero-order valence-electron chi connectivity index (χ0n) is 28.1. The Morgan fingerprint density at radius 2 is 0.955 bits per heavy atom. The van der Waals surface area contributed by atoms with Gasteiger partial charge in [-0.2, -0.15) is 0 Å². The van der Waals surface area contributed by atoms with E-state index in [-0.39, 0.29) is 19.4 Å². The van der Waals surface area contributed by atoms with Crippen LogP contribution in [0.5, 0.6) is 0 Å². The minimum Gasteiger partial charge on any atom is -0.462 e. The molecule has 0 aliphatic rings. The van der Waals surface area contributed by atoms with E-state index in [1.54, 1.807) is 0 Å². The first-order valence-electron chi connectivity index (χ1n) is 17.6. The van der Waals surface area contributed by atoms with E-state index >= 15 is 0 Å². The molecule has 0 amide bonds. The largest absolute Gasteiger partial charge is 0.469 e. The van der Waals surface area contributed by atoms with Crippen molar-refractivity contribution in [3.8, 4) is 0 Å². The second-order valence-electron chi connectivity index (χ2n) is 11.8. The molecular formula is C35H65O8P. The molecule has 0 fully saturated rings. The molecular weight excluding hydrogens is 579 g/mol. The van der Waals surface area contributed by atoms with E-state index in [1.807, 2.05) is 0 Å². The van der Waals surface area contributed by atoms with E-state index in [2.05, 4.69) is 42.7 Å². The standard InChI is InChI=1S/C35H65O8P/c1-3-5-7-9-11-13-15-17-18-20-22-24-26-28-30-35(37)43-33(32-42-44(38,39)40)31-41-34(36)29-27-25-23-21-19-16-14-12-10-8-6-4-2/h12,14-15,17,33H,3-11,13,16,18-32H2,1-2H3,(H2,38,39,40)/b14-12-,17-15-. The zero-order valence-corrected chi connectivity index (χ0v) is 29.0. The summed E-state index contributed by atoms with van der Waals surface area (Å²) in [5, 5.41) is 0. The van der Waals surface area contributed by atoms with Gasteiger partial charge in [-0.3, -0.25) is 14.1 Å². The molecule has 1 atom stereocenters. The summed E-state index contributed by atoms with van der Waals surface area (Å²) in [5.74, 6) is -0.905. The fourth-order valence-corrected chi connectivity index (χ4v) is 5.13. The van der Waals surface area contributed by atoms with Crippen molar-refractivity contribution in [1.82, 2.24) is 0 Å². The summed E-state index contributed by atoms with van der Waals surface area (Å²) in [5.41, 5.74) is 0. The SMILES string of the molecule is CCCCC/C=C\CCCCCCCC(=O)OCC(COP(=O)(O)O)OC(=O)CCCCCCC/C=C\CCCCCCC. The molecule has 0 aliphatic heterocycles. The van der Waals surface area contributed by atoms with E-state index in [4.69, 9.17) is 19.3 Å². The highest BCUT2D eigenvalue weighted by Crippen LogP contribution is 2.36. The van der Waals surface area contributed by atoms with Crippen LogP contribution in [-0.2, 0) is 28.2 Å². The van der Waals surface area contributed by atoms with Gasteiger partial charge in [0.25, 0.3) is 0 Å². The first-order chi connectivity index (χ1) is 21.3. The van der Waals surface area contributed by atoms with Crippen LogP contribution in [0.25, 0.3) is 0 Å². The lowest BCUT2D eigenvalue weighted by Crippen LogP contribution is -2.29. The molecule has 2 N–H and O–H groups in total. The Morgan fingerprint density at radius 1 is 0.568 bits per heavy atom. The summed E-state index contributed by atoms with van der Waals surface area (Å²) in [6.07, 6.45) is 33.3. The van der Waals surface area contributed by atoms with Crippen molar-refractivity contribution in [2.24, 2.45) is 0 Å². The van der Waals surface area contributed by atoms with Crippen LogP contribution in [0.4, 0.5) is 0 Å². The number of ether oxygens (including phenoxy) is 2. The average molecular weight is 645 g/mol. The zero-order chi connectivity index (χ0) is 32.6. The number of phosphoric acid groups is 1. The van der Waals surface area contributed by atoms with Crippen LogP contribution < -0.4 is 0 Å². The molecule has 0 heterocycles. The molecule has 0 spiro atoms. The third kappa shape index (κ3) is 33.4. The lowest BCUT2D eigenvalue weighted by atomic mass is 10.1. The number of hydrogen-bond donors (Lipinski definition) is 2. The fourth-order valence-electron chi connectivity index (χ4n) is 4.77. The second kappa shape index (κ2) is 31.5. The van der Waals surface area contributed by atoms with Crippen LogP contribution in [0, 0.1) is 0 Å². The van der Waals surface area contributed by atoms with Gasteiger partial charge in [-0.05, 0) is 64.2 Å². The maximum atomic E-state index is 12.3. The van der Waals surface area contributed by atoms with Gasteiger partial charge in [0, 0.05) is 12.8 Å². The number of carbonyl (C=O) groups is 2. The molecule has 0 bridgehead atoms. The molecule has 1 unspecified atom stereocenters. The molecule has 0 aromatic rings. The Hall–Kier alpha value is -1.47. The third-order valence-electron chi connectivity index (χ3n) is 7.44. The molecule has 9 heteroatoms. The maximum absolute atomic E-state index is 12.3. The summed E-state index contributed by atoms with van der Waals surface area (Å²) in [4.78, 5) is 42.5.